The van der Waals surface area contributed by atoms with Crippen molar-refractivity contribution < 1.29 is 9.59 Å². The van der Waals surface area contributed by atoms with Crippen molar-refractivity contribution in [3.05, 3.63) is 34.9 Å². The lowest BCUT2D eigenvalue weighted by Gasteiger charge is -1.98. The molecule has 0 heterocycles. The largest absolute Gasteiger partial charge is 0.298 e. The topological polar surface area (TPSA) is 34.1 Å². The van der Waals surface area contributed by atoms with Crippen molar-refractivity contribution in [1.82, 2.24) is 0 Å². The van der Waals surface area contributed by atoms with E-state index in [0.717, 1.165) is 5.56 Å². The van der Waals surface area contributed by atoms with Crippen LogP contribution in [0.3, 0.4) is 0 Å². The zero-order valence-corrected chi connectivity index (χ0v) is 7.04. The third-order valence-corrected chi connectivity index (χ3v) is 1.77. The minimum Gasteiger partial charge on any atom is -0.298 e. The molecule has 0 aliphatic heterocycles. The Labute approximate surface area is 75.2 Å². The van der Waals surface area contributed by atoms with Crippen molar-refractivity contribution in [3.63, 3.8) is 0 Å². The van der Waals surface area contributed by atoms with Gasteiger partial charge in [0.1, 0.15) is 12.6 Å². The lowest BCUT2D eigenvalue weighted by atomic mass is 10.1. The maximum Gasteiger partial charge on any atom is 0.150 e. The van der Waals surface area contributed by atoms with Gasteiger partial charge in [-0.15, -0.1) is 11.6 Å². The first-order chi connectivity index (χ1) is 5.80. The first-order valence-electron chi connectivity index (χ1n) is 3.40. The number of hydrogen-bond acceptors (Lipinski definition) is 2. The summed E-state index contributed by atoms with van der Waals surface area (Å²) in [5.41, 5.74) is 1.74. The van der Waals surface area contributed by atoms with Crippen LogP contribution >= 0.6 is 11.6 Å². The van der Waals surface area contributed by atoms with Crippen LogP contribution in [0, 0.1) is 0 Å². The Kier molecular flexibility index (Phi) is 3.00. The quantitative estimate of drug-likeness (QED) is 0.530. The van der Waals surface area contributed by atoms with Crippen molar-refractivity contribution in [2.75, 3.05) is 0 Å². The van der Waals surface area contributed by atoms with Gasteiger partial charge in [-0.1, -0.05) is 0 Å². The maximum absolute atomic E-state index is 10.4. The van der Waals surface area contributed by atoms with Crippen LogP contribution in [0.5, 0.6) is 0 Å². The Balaban J connectivity index is 3.18. The van der Waals surface area contributed by atoms with Crippen molar-refractivity contribution >= 4 is 24.2 Å². The summed E-state index contributed by atoms with van der Waals surface area (Å²) in [5.74, 6) is 0.308. The predicted molar refractivity (Wildman–Crippen MR) is 46.8 cm³/mol. The second kappa shape index (κ2) is 4.02. The number of rotatable bonds is 3. The smallest absolute Gasteiger partial charge is 0.150 e. The van der Waals surface area contributed by atoms with Gasteiger partial charge in [0.25, 0.3) is 0 Å². The molecule has 0 amide bonds. The van der Waals surface area contributed by atoms with Crippen LogP contribution in [-0.2, 0) is 5.88 Å². The van der Waals surface area contributed by atoms with Crippen molar-refractivity contribution in [2.24, 2.45) is 0 Å². The summed E-state index contributed by atoms with van der Waals surface area (Å²) in [7, 11) is 0. The predicted octanol–water partition coefficient (Wildman–Crippen LogP) is 2.05. The summed E-state index contributed by atoms with van der Waals surface area (Å²) >= 11 is 5.55. The highest BCUT2D eigenvalue weighted by Crippen LogP contribution is 2.09. The first-order valence-corrected chi connectivity index (χ1v) is 3.94. The lowest BCUT2D eigenvalue weighted by Crippen LogP contribution is -1.89. The van der Waals surface area contributed by atoms with Gasteiger partial charge in [0.05, 0.1) is 0 Å². The van der Waals surface area contributed by atoms with Gasteiger partial charge in [0.15, 0.2) is 0 Å². The number of alkyl halides is 1. The number of halogens is 1. The molecule has 0 unspecified atom stereocenters. The molecule has 0 bridgehead atoms. The van der Waals surface area contributed by atoms with E-state index in [2.05, 4.69) is 0 Å². The zero-order valence-electron chi connectivity index (χ0n) is 6.29. The molecule has 0 aromatic heterocycles. The van der Waals surface area contributed by atoms with E-state index in [9.17, 15) is 9.59 Å². The fraction of sp³-hybridized carbons (Fsp3) is 0.111. The Hall–Kier alpha value is -1.15. The molecule has 1 aromatic rings. The van der Waals surface area contributed by atoms with Gasteiger partial charge in [0, 0.05) is 17.0 Å². The molecule has 0 saturated carbocycles. The van der Waals surface area contributed by atoms with Crippen LogP contribution in [0.2, 0.25) is 0 Å². The van der Waals surface area contributed by atoms with Crippen LogP contribution < -0.4 is 0 Å². The summed E-state index contributed by atoms with van der Waals surface area (Å²) in [6.45, 7) is 0. The van der Waals surface area contributed by atoms with Gasteiger partial charge in [-0.25, -0.2) is 0 Å². The minimum atomic E-state index is 0.308. The first kappa shape index (κ1) is 8.94. The minimum absolute atomic E-state index is 0.308. The molecule has 0 aliphatic rings. The van der Waals surface area contributed by atoms with Crippen LogP contribution in [0.4, 0.5) is 0 Å². The van der Waals surface area contributed by atoms with E-state index >= 15 is 0 Å². The van der Waals surface area contributed by atoms with Crippen molar-refractivity contribution in [2.45, 2.75) is 5.88 Å². The van der Waals surface area contributed by atoms with Crippen LogP contribution in [0.15, 0.2) is 18.2 Å². The Morgan fingerprint density at radius 3 is 1.92 bits per heavy atom. The van der Waals surface area contributed by atoms with Crippen LogP contribution in [0.1, 0.15) is 26.3 Å². The third-order valence-electron chi connectivity index (χ3n) is 1.46. The van der Waals surface area contributed by atoms with Crippen LogP contribution in [-0.4, -0.2) is 12.6 Å². The van der Waals surface area contributed by atoms with E-state index in [1.54, 1.807) is 12.1 Å². The van der Waals surface area contributed by atoms with Crippen LogP contribution in [0.25, 0.3) is 0 Å². The average molecular weight is 183 g/mol. The van der Waals surface area contributed by atoms with E-state index < -0.39 is 0 Å². The fourth-order valence-electron chi connectivity index (χ4n) is 0.959. The molecule has 0 fully saturated rings. The molecule has 1 rings (SSSR count). The standard InChI is InChI=1S/C9H7ClO2/c10-4-7-1-8(5-11)3-9(2-7)6-12/h1-3,5-6H,4H2. The van der Waals surface area contributed by atoms with Gasteiger partial charge in [0.2, 0.25) is 0 Å². The summed E-state index contributed by atoms with van der Waals surface area (Å²) in [4.78, 5) is 20.8. The van der Waals surface area contributed by atoms with Gasteiger partial charge < -0.3 is 0 Å². The van der Waals surface area contributed by atoms with Gasteiger partial charge >= 0.3 is 0 Å². The second-order valence-electron chi connectivity index (χ2n) is 2.38. The van der Waals surface area contributed by atoms with Crippen molar-refractivity contribution in [1.29, 1.82) is 0 Å². The fourth-order valence-corrected chi connectivity index (χ4v) is 1.11. The molecule has 62 valence electrons. The number of carbonyl (C=O) groups is 2. The van der Waals surface area contributed by atoms with E-state index in [1.807, 2.05) is 0 Å². The second-order valence-corrected chi connectivity index (χ2v) is 2.64. The van der Waals surface area contributed by atoms with E-state index in [-0.39, 0.29) is 0 Å². The molecule has 0 spiro atoms. The van der Waals surface area contributed by atoms with E-state index in [1.165, 1.54) is 6.07 Å². The number of benzene rings is 1. The molecule has 12 heavy (non-hydrogen) atoms. The molecule has 0 atom stereocenters. The van der Waals surface area contributed by atoms with E-state index in [4.69, 9.17) is 11.6 Å². The monoisotopic (exact) mass is 182 g/mol. The molecule has 0 N–H and O–H groups in total. The summed E-state index contributed by atoms with van der Waals surface area (Å²) < 4.78 is 0. The number of hydrogen-bond donors (Lipinski definition) is 0. The molecule has 2 nitrogen and oxygen atoms in total. The molecule has 1 aromatic carbocycles. The molecule has 0 aliphatic carbocycles. The Morgan fingerprint density at radius 1 is 1.08 bits per heavy atom. The number of carbonyl (C=O) groups excluding carboxylic acids is 2. The normalized spacial score (nSPS) is 9.42. The Bertz CT molecular complexity index is 281. The summed E-state index contributed by atoms with van der Waals surface area (Å²) in [5, 5.41) is 0. The van der Waals surface area contributed by atoms with E-state index in [0.29, 0.717) is 29.6 Å². The highest BCUT2D eigenvalue weighted by atomic mass is 35.5. The Morgan fingerprint density at radius 2 is 1.58 bits per heavy atom. The molecule has 0 radical (unpaired) electrons. The zero-order chi connectivity index (χ0) is 8.97. The van der Waals surface area contributed by atoms with Gasteiger partial charge in [-0.05, 0) is 23.8 Å². The maximum atomic E-state index is 10.4. The molecule has 0 saturated heterocycles. The average Bonchev–Trinajstić information content (AvgIpc) is 2.16. The SMILES string of the molecule is O=Cc1cc(C=O)cc(CCl)c1. The van der Waals surface area contributed by atoms with Gasteiger partial charge in [-0.2, -0.15) is 0 Å². The summed E-state index contributed by atoms with van der Waals surface area (Å²) in [6, 6.07) is 4.84. The number of aldehydes is 2. The molecular formula is C9H7ClO2. The van der Waals surface area contributed by atoms with Crippen molar-refractivity contribution in [3.8, 4) is 0 Å². The molecule has 3 heteroatoms. The highest BCUT2D eigenvalue weighted by molar-refractivity contribution is 6.17. The highest BCUT2D eigenvalue weighted by Gasteiger charge is 1.98. The molecular weight excluding hydrogens is 176 g/mol. The third kappa shape index (κ3) is 1.92. The lowest BCUT2D eigenvalue weighted by molar-refractivity contribution is 0.112. The summed E-state index contributed by atoms with van der Waals surface area (Å²) in [6.07, 6.45) is 1.39. The van der Waals surface area contributed by atoms with Gasteiger partial charge in [-0.3, -0.25) is 9.59 Å².